The molecule has 1 aliphatic rings. The molecule has 5 nitrogen and oxygen atoms in total. The van der Waals surface area contributed by atoms with E-state index in [2.05, 4.69) is 16.0 Å². The summed E-state index contributed by atoms with van der Waals surface area (Å²) in [4.78, 5) is 23.0. The molecule has 0 aliphatic heterocycles. The maximum atomic E-state index is 11.6. The van der Waals surface area contributed by atoms with Crippen molar-refractivity contribution in [3.63, 3.8) is 0 Å². The van der Waals surface area contributed by atoms with E-state index in [0.717, 1.165) is 24.1 Å². The molecule has 0 radical (unpaired) electrons. The summed E-state index contributed by atoms with van der Waals surface area (Å²) in [6.07, 6.45) is 2.14. The Morgan fingerprint density at radius 1 is 1.11 bits per heavy atom. The Morgan fingerprint density at radius 3 is 2.37 bits per heavy atom. The minimum absolute atomic E-state index is 0.0503. The van der Waals surface area contributed by atoms with Crippen LogP contribution in [0.4, 0.5) is 5.69 Å². The Kier molecular flexibility index (Phi) is 4.52. The highest BCUT2D eigenvalue weighted by Crippen LogP contribution is 2.18. The number of anilines is 1. The molecule has 0 aromatic heterocycles. The van der Waals surface area contributed by atoms with Crippen LogP contribution in [0, 0.1) is 6.92 Å². The summed E-state index contributed by atoms with van der Waals surface area (Å²) in [7, 11) is 0. The van der Waals surface area contributed by atoms with Crippen molar-refractivity contribution in [3.05, 3.63) is 29.8 Å². The molecule has 0 saturated heterocycles. The number of rotatable bonds is 6. The third kappa shape index (κ3) is 5.09. The first-order valence-corrected chi connectivity index (χ1v) is 6.50. The van der Waals surface area contributed by atoms with E-state index in [9.17, 15) is 9.59 Å². The first-order valence-electron chi connectivity index (χ1n) is 6.50. The first-order chi connectivity index (χ1) is 9.13. The summed E-state index contributed by atoms with van der Waals surface area (Å²) in [5.74, 6) is -0.200. The van der Waals surface area contributed by atoms with Crippen molar-refractivity contribution in [1.82, 2.24) is 10.6 Å². The molecule has 0 atom stereocenters. The molecule has 2 amide bonds. The van der Waals surface area contributed by atoms with Crippen LogP contribution in [0.1, 0.15) is 18.4 Å². The topological polar surface area (TPSA) is 70.2 Å². The number of benzene rings is 1. The van der Waals surface area contributed by atoms with Crippen molar-refractivity contribution in [1.29, 1.82) is 0 Å². The van der Waals surface area contributed by atoms with Gasteiger partial charge >= 0.3 is 0 Å². The molecule has 102 valence electrons. The summed E-state index contributed by atoms with van der Waals surface area (Å²) < 4.78 is 0. The van der Waals surface area contributed by atoms with Gasteiger partial charge in [-0.2, -0.15) is 0 Å². The number of hydrogen-bond donors (Lipinski definition) is 3. The Bertz CT molecular complexity index is 452. The van der Waals surface area contributed by atoms with Crippen LogP contribution in [0.5, 0.6) is 0 Å². The molecular weight excluding hydrogens is 242 g/mol. The van der Waals surface area contributed by atoms with Gasteiger partial charge in [0.2, 0.25) is 11.8 Å². The molecule has 1 aromatic rings. The zero-order valence-electron chi connectivity index (χ0n) is 11.0. The molecule has 0 spiro atoms. The monoisotopic (exact) mass is 261 g/mol. The predicted molar refractivity (Wildman–Crippen MR) is 73.8 cm³/mol. The van der Waals surface area contributed by atoms with Gasteiger partial charge in [-0.1, -0.05) is 17.7 Å². The standard InChI is InChI=1S/C14H19N3O2/c1-10-2-4-11(5-3-10)16-13(18)8-15-9-14(19)17-12-6-7-12/h2-5,12,15H,6-9H2,1H3,(H,16,18)(H,17,19). The molecule has 0 unspecified atom stereocenters. The van der Waals surface area contributed by atoms with E-state index < -0.39 is 0 Å². The summed E-state index contributed by atoms with van der Waals surface area (Å²) in [6.45, 7) is 2.30. The lowest BCUT2D eigenvalue weighted by Gasteiger charge is -2.07. The third-order valence-electron chi connectivity index (χ3n) is 2.85. The van der Waals surface area contributed by atoms with Crippen LogP contribution in [-0.2, 0) is 9.59 Å². The number of aryl methyl sites for hydroxylation is 1. The highest BCUT2D eigenvalue weighted by atomic mass is 16.2. The van der Waals surface area contributed by atoms with Gasteiger partial charge in [-0.25, -0.2) is 0 Å². The second-order valence-corrected chi connectivity index (χ2v) is 4.86. The molecule has 1 aromatic carbocycles. The van der Waals surface area contributed by atoms with E-state index in [1.807, 2.05) is 31.2 Å². The fourth-order valence-electron chi connectivity index (χ4n) is 1.64. The lowest BCUT2D eigenvalue weighted by Crippen LogP contribution is -2.38. The average Bonchev–Trinajstić information content (AvgIpc) is 3.16. The molecule has 2 rings (SSSR count). The molecule has 1 fully saturated rings. The summed E-state index contributed by atoms with van der Waals surface area (Å²) >= 11 is 0. The average molecular weight is 261 g/mol. The molecule has 0 heterocycles. The lowest BCUT2D eigenvalue weighted by atomic mass is 10.2. The molecule has 19 heavy (non-hydrogen) atoms. The smallest absolute Gasteiger partial charge is 0.238 e. The van der Waals surface area contributed by atoms with E-state index in [4.69, 9.17) is 0 Å². The highest BCUT2D eigenvalue weighted by molar-refractivity contribution is 5.92. The first kappa shape index (κ1) is 13.5. The van der Waals surface area contributed by atoms with Gasteiger partial charge in [-0.05, 0) is 31.9 Å². The number of carbonyl (C=O) groups excluding carboxylic acids is 2. The maximum absolute atomic E-state index is 11.6. The minimum atomic E-state index is -0.150. The fraction of sp³-hybridized carbons (Fsp3) is 0.429. The van der Waals surface area contributed by atoms with E-state index in [1.165, 1.54) is 0 Å². The van der Waals surface area contributed by atoms with E-state index >= 15 is 0 Å². The van der Waals surface area contributed by atoms with E-state index in [0.29, 0.717) is 6.04 Å². The van der Waals surface area contributed by atoms with Crippen LogP contribution in [-0.4, -0.2) is 30.9 Å². The maximum Gasteiger partial charge on any atom is 0.238 e. The minimum Gasteiger partial charge on any atom is -0.352 e. The van der Waals surface area contributed by atoms with Crippen LogP contribution in [0.15, 0.2) is 24.3 Å². The van der Waals surface area contributed by atoms with Gasteiger partial charge in [-0.15, -0.1) is 0 Å². The summed E-state index contributed by atoms with van der Waals surface area (Å²) in [5, 5.41) is 8.44. The Hall–Kier alpha value is -1.88. The molecule has 1 saturated carbocycles. The normalized spacial score (nSPS) is 13.9. The fourth-order valence-corrected chi connectivity index (χ4v) is 1.64. The van der Waals surface area contributed by atoms with Gasteiger partial charge in [0.05, 0.1) is 13.1 Å². The second-order valence-electron chi connectivity index (χ2n) is 4.86. The predicted octanol–water partition coefficient (Wildman–Crippen LogP) is 0.802. The van der Waals surface area contributed by atoms with Crippen LogP contribution < -0.4 is 16.0 Å². The van der Waals surface area contributed by atoms with Gasteiger partial charge in [0.25, 0.3) is 0 Å². The van der Waals surface area contributed by atoms with E-state index in [1.54, 1.807) is 0 Å². The van der Waals surface area contributed by atoms with Crippen LogP contribution in [0.3, 0.4) is 0 Å². The Morgan fingerprint density at radius 2 is 1.74 bits per heavy atom. The van der Waals surface area contributed by atoms with Gasteiger partial charge in [0.15, 0.2) is 0 Å². The van der Waals surface area contributed by atoms with Gasteiger partial charge in [0.1, 0.15) is 0 Å². The van der Waals surface area contributed by atoms with Crippen molar-refractivity contribution < 1.29 is 9.59 Å². The largest absolute Gasteiger partial charge is 0.352 e. The van der Waals surface area contributed by atoms with Gasteiger partial charge in [-0.3, -0.25) is 14.9 Å². The van der Waals surface area contributed by atoms with Crippen LogP contribution in [0.25, 0.3) is 0 Å². The van der Waals surface area contributed by atoms with Crippen molar-refractivity contribution in [2.75, 3.05) is 18.4 Å². The zero-order chi connectivity index (χ0) is 13.7. The number of hydrogen-bond acceptors (Lipinski definition) is 3. The van der Waals surface area contributed by atoms with E-state index in [-0.39, 0.29) is 24.9 Å². The summed E-state index contributed by atoms with van der Waals surface area (Å²) in [5.41, 5.74) is 1.91. The molecule has 0 bridgehead atoms. The molecule has 1 aliphatic carbocycles. The third-order valence-corrected chi connectivity index (χ3v) is 2.85. The quantitative estimate of drug-likeness (QED) is 0.709. The van der Waals surface area contributed by atoms with Crippen molar-refractivity contribution in [2.45, 2.75) is 25.8 Å². The zero-order valence-corrected chi connectivity index (χ0v) is 11.0. The SMILES string of the molecule is Cc1ccc(NC(=O)CNCC(=O)NC2CC2)cc1. The number of nitrogens with one attached hydrogen (secondary N) is 3. The Labute approximate surface area is 112 Å². The van der Waals surface area contributed by atoms with Gasteiger partial charge in [0, 0.05) is 11.7 Å². The van der Waals surface area contributed by atoms with Crippen LogP contribution in [0.2, 0.25) is 0 Å². The molecule has 5 heteroatoms. The van der Waals surface area contributed by atoms with Gasteiger partial charge < -0.3 is 10.6 Å². The van der Waals surface area contributed by atoms with Crippen LogP contribution >= 0.6 is 0 Å². The number of carbonyl (C=O) groups is 2. The van der Waals surface area contributed by atoms with Crippen molar-refractivity contribution in [3.8, 4) is 0 Å². The summed E-state index contributed by atoms with van der Waals surface area (Å²) in [6, 6.07) is 7.94. The lowest BCUT2D eigenvalue weighted by molar-refractivity contribution is -0.120. The Balaban J connectivity index is 1.63. The van der Waals surface area contributed by atoms with Crippen molar-refractivity contribution >= 4 is 17.5 Å². The highest BCUT2D eigenvalue weighted by Gasteiger charge is 2.22. The molecule has 3 N–H and O–H groups in total. The molecular formula is C14H19N3O2. The number of amides is 2. The van der Waals surface area contributed by atoms with Crippen molar-refractivity contribution in [2.24, 2.45) is 0 Å². The second kappa shape index (κ2) is 6.33.